The summed E-state index contributed by atoms with van der Waals surface area (Å²) in [7, 11) is 0. The van der Waals surface area contributed by atoms with E-state index in [-0.39, 0.29) is 18.4 Å². The number of carbonyl (C=O) groups excluding carboxylic acids is 1. The maximum absolute atomic E-state index is 12.6. The lowest BCUT2D eigenvalue weighted by Crippen LogP contribution is -2.50. The van der Waals surface area contributed by atoms with Crippen molar-refractivity contribution in [1.82, 2.24) is 15.1 Å². The average molecular weight is 318 g/mol. The van der Waals surface area contributed by atoms with Gasteiger partial charge in [0.15, 0.2) is 0 Å². The highest BCUT2D eigenvalue weighted by molar-refractivity contribution is 5.85. The Bertz CT molecular complexity index is 350. The molecule has 0 bridgehead atoms. The van der Waals surface area contributed by atoms with Gasteiger partial charge in [-0.05, 0) is 31.7 Å². The second-order valence-corrected chi connectivity index (χ2v) is 6.51. The molecule has 3 heterocycles. The van der Waals surface area contributed by atoms with Crippen molar-refractivity contribution in [1.29, 1.82) is 0 Å². The molecule has 0 aliphatic carbocycles. The quantitative estimate of drug-likeness (QED) is 0.815. The summed E-state index contributed by atoms with van der Waals surface area (Å²) < 4.78 is 5.41. The van der Waals surface area contributed by atoms with Crippen molar-refractivity contribution < 1.29 is 9.53 Å². The summed E-state index contributed by atoms with van der Waals surface area (Å²) >= 11 is 0. The normalized spacial score (nSPS) is 34.5. The molecule has 3 saturated heterocycles. The molecule has 5 nitrogen and oxygen atoms in total. The SMILES string of the molecule is CC1CCNC(C(=O)N2CCC(N3CCOCC3)C2)C1.Cl. The van der Waals surface area contributed by atoms with Crippen molar-refractivity contribution in [2.24, 2.45) is 5.92 Å². The number of ether oxygens (including phenoxy) is 1. The van der Waals surface area contributed by atoms with E-state index in [4.69, 9.17) is 4.74 Å². The molecule has 122 valence electrons. The first-order chi connectivity index (χ1) is 9.74. The Labute approximate surface area is 133 Å². The van der Waals surface area contributed by atoms with Crippen LogP contribution in [0.4, 0.5) is 0 Å². The maximum Gasteiger partial charge on any atom is 0.239 e. The van der Waals surface area contributed by atoms with Gasteiger partial charge in [0.25, 0.3) is 0 Å². The lowest BCUT2D eigenvalue weighted by atomic mass is 9.93. The molecule has 0 aromatic carbocycles. The van der Waals surface area contributed by atoms with Crippen molar-refractivity contribution in [3.05, 3.63) is 0 Å². The van der Waals surface area contributed by atoms with Crippen LogP contribution >= 0.6 is 12.4 Å². The summed E-state index contributed by atoms with van der Waals surface area (Å²) in [6, 6.07) is 0.603. The van der Waals surface area contributed by atoms with Crippen LogP contribution in [0.1, 0.15) is 26.2 Å². The lowest BCUT2D eigenvalue weighted by molar-refractivity contribution is -0.133. The Hall–Kier alpha value is -0.360. The zero-order valence-corrected chi connectivity index (χ0v) is 13.7. The van der Waals surface area contributed by atoms with Crippen molar-refractivity contribution in [2.45, 2.75) is 38.3 Å². The van der Waals surface area contributed by atoms with Gasteiger partial charge in [-0.2, -0.15) is 0 Å². The van der Waals surface area contributed by atoms with Gasteiger partial charge in [-0.15, -0.1) is 12.4 Å². The number of hydrogen-bond acceptors (Lipinski definition) is 4. The van der Waals surface area contributed by atoms with Crippen LogP contribution in [0.5, 0.6) is 0 Å². The van der Waals surface area contributed by atoms with Crippen LogP contribution in [0, 0.1) is 5.92 Å². The predicted octanol–water partition coefficient (Wildman–Crippen LogP) is 0.729. The van der Waals surface area contributed by atoms with Crippen molar-refractivity contribution in [3.8, 4) is 0 Å². The highest BCUT2D eigenvalue weighted by Gasteiger charge is 2.35. The molecule has 3 atom stereocenters. The minimum atomic E-state index is 0. The van der Waals surface area contributed by atoms with Crippen LogP contribution in [-0.2, 0) is 9.53 Å². The van der Waals surface area contributed by atoms with Crippen molar-refractivity contribution in [2.75, 3.05) is 45.9 Å². The van der Waals surface area contributed by atoms with Crippen LogP contribution in [0.25, 0.3) is 0 Å². The van der Waals surface area contributed by atoms with Crippen LogP contribution < -0.4 is 5.32 Å². The third kappa shape index (κ3) is 4.09. The summed E-state index contributed by atoms with van der Waals surface area (Å²) in [6.45, 7) is 8.79. The third-order valence-corrected chi connectivity index (χ3v) is 5.00. The number of nitrogens with one attached hydrogen (secondary N) is 1. The fourth-order valence-corrected chi connectivity index (χ4v) is 3.70. The first-order valence-electron chi connectivity index (χ1n) is 8.08. The summed E-state index contributed by atoms with van der Waals surface area (Å²) in [5.41, 5.74) is 0. The highest BCUT2D eigenvalue weighted by Crippen LogP contribution is 2.21. The van der Waals surface area contributed by atoms with E-state index in [2.05, 4.69) is 22.0 Å². The molecule has 3 aliphatic rings. The number of morpholine rings is 1. The van der Waals surface area contributed by atoms with E-state index < -0.39 is 0 Å². The zero-order valence-electron chi connectivity index (χ0n) is 12.9. The minimum absolute atomic E-state index is 0. The average Bonchev–Trinajstić information content (AvgIpc) is 2.97. The predicted molar refractivity (Wildman–Crippen MR) is 84.8 cm³/mol. The summed E-state index contributed by atoms with van der Waals surface area (Å²) in [4.78, 5) is 17.2. The number of amides is 1. The van der Waals surface area contributed by atoms with Gasteiger partial charge in [0.1, 0.15) is 0 Å². The standard InChI is InChI=1S/C15H27N3O2.ClH/c1-12-2-4-16-14(10-12)15(19)18-5-3-13(11-18)17-6-8-20-9-7-17;/h12-14,16H,2-11H2,1H3;1H. The fraction of sp³-hybridized carbons (Fsp3) is 0.933. The Kier molecular flexibility index (Phi) is 6.29. The molecule has 1 N–H and O–H groups in total. The number of likely N-dealkylation sites (tertiary alicyclic amines) is 1. The molecule has 0 radical (unpaired) electrons. The monoisotopic (exact) mass is 317 g/mol. The summed E-state index contributed by atoms with van der Waals surface area (Å²) in [5.74, 6) is 0.996. The molecule has 21 heavy (non-hydrogen) atoms. The first kappa shape index (κ1) is 17.0. The van der Waals surface area contributed by atoms with Crippen LogP contribution in [0.15, 0.2) is 0 Å². The van der Waals surface area contributed by atoms with E-state index in [1.807, 2.05) is 0 Å². The molecular weight excluding hydrogens is 290 g/mol. The fourth-order valence-electron chi connectivity index (χ4n) is 3.70. The van der Waals surface area contributed by atoms with Gasteiger partial charge in [0.05, 0.1) is 19.3 Å². The van der Waals surface area contributed by atoms with E-state index in [0.29, 0.717) is 17.9 Å². The third-order valence-electron chi connectivity index (χ3n) is 5.00. The van der Waals surface area contributed by atoms with E-state index in [0.717, 1.165) is 58.8 Å². The largest absolute Gasteiger partial charge is 0.379 e. The van der Waals surface area contributed by atoms with E-state index in [9.17, 15) is 4.79 Å². The van der Waals surface area contributed by atoms with Gasteiger partial charge in [-0.1, -0.05) is 6.92 Å². The molecule has 0 saturated carbocycles. The Balaban J connectivity index is 0.00000161. The molecular formula is C15H28ClN3O2. The Morgan fingerprint density at radius 3 is 2.67 bits per heavy atom. The van der Waals surface area contributed by atoms with Gasteiger partial charge in [-0.25, -0.2) is 0 Å². The first-order valence-corrected chi connectivity index (χ1v) is 8.08. The molecule has 0 spiro atoms. The molecule has 3 rings (SSSR count). The van der Waals surface area contributed by atoms with E-state index in [1.54, 1.807) is 0 Å². The van der Waals surface area contributed by atoms with Gasteiger partial charge in [-0.3, -0.25) is 9.69 Å². The van der Waals surface area contributed by atoms with Gasteiger partial charge in [0, 0.05) is 32.2 Å². The van der Waals surface area contributed by atoms with Crippen LogP contribution in [0.2, 0.25) is 0 Å². The molecule has 3 aliphatic heterocycles. The van der Waals surface area contributed by atoms with Gasteiger partial charge >= 0.3 is 0 Å². The van der Waals surface area contributed by atoms with Crippen molar-refractivity contribution >= 4 is 18.3 Å². The molecule has 1 amide bonds. The Morgan fingerprint density at radius 1 is 1.19 bits per heavy atom. The van der Waals surface area contributed by atoms with E-state index in [1.165, 1.54) is 6.42 Å². The van der Waals surface area contributed by atoms with Crippen LogP contribution in [-0.4, -0.2) is 73.7 Å². The Morgan fingerprint density at radius 2 is 1.95 bits per heavy atom. The smallest absolute Gasteiger partial charge is 0.239 e. The zero-order chi connectivity index (χ0) is 13.9. The number of carbonyl (C=O) groups is 1. The van der Waals surface area contributed by atoms with Crippen LogP contribution in [0.3, 0.4) is 0 Å². The van der Waals surface area contributed by atoms with Gasteiger partial charge < -0.3 is 15.0 Å². The number of rotatable bonds is 2. The molecule has 3 unspecified atom stereocenters. The summed E-state index contributed by atoms with van der Waals surface area (Å²) in [5, 5.41) is 3.40. The molecule has 6 heteroatoms. The second kappa shape index (κ2) is 7.77. The molecule has 0 aromatic heterocycles. The van der Waals surface area contributed by atoms with Crippen molar-refractivity contribution in [3.63, 3.8) is 0 Å². The number of hydrogen-bond donors (Lipinski definition) is 1. The highest BCUT2D eigenvalue weighted by atomic mass is 35.5. The molecule has 0 aromatic rings. The van der Waals surface area contributed by atoms with E-state index >= 15 is 0 Å². The maximum atomic E-state index is 12.6. The molecule has 3 fully saturated rings. The minimum Gasteiger partial charge on any atom is -0.379 e. The van der Waals surface area contributed by atoms with Gasteiger partial charge in [0.2, 0.25) is 5.91 Å². The number of halogens is 1. The summed E-state index contributed by atoms with van der Waals surface area (Å²) in [6.07, 6.45) is 3.31. The second-order valence-electron chi connectivity index (χ2n) is 6.51. The topological polar surface area (TPSA) is 44.8 Å². The lowest BCUT2D eigenvalue weighted by Gasteiger charge is -2.33. The number of piperidine rings is 1. The number of nitrogens with zero attached hydrogens (tertiary/aromatic N) is 2.